The Morgan fingerprint density at radius 3 is 2.55 bits per heavy atom. The van der Waals surface area contributed by atoms with Crippen LogP contribution in [-0.4, -0.2) is 59.9 Å². The Kier molecular flexibility index (Phi) is 6.09. The van der Waals surface area contributed by atoms with Crippen molar-refractivity contribution in [3.63, 3.8) is 0 Å². The number of hydrogen-bond donors (Lipinski definition) is 1. The highest BCUT2D eigenvalue weighted by Crippen LogP contribution is 2.24. The molecule has 1 N–H and O–H groups in total. The lowest BCUT2D eigenvalue weighted by atomic mass is 10.1. The van der Waals surface area contributed by atoms with Gasteiger partial charge in [-0.2, -0.15) is 4.98 Å². The van der Waals surface area contributed by atoms with Gasteiger partial charge in [0.2, 0.25) is 5.95 Å². The number of aromatic nitrogens is 2. The number of piperazine rings is 1. The van der Waals surface area contributed by atoms with Crippen LogP contribution in [0.4, 0.5) is 24.9 Å². The van der Waals surface area contributed by atoms with E-state index in [-0.39, 0.29) is 11.5 Å². The monoisotopic (exact) mass is 409 g/mol. The fourth-order valence-corrected chi connectivity index (χ4v) is 3.10. The summed E-state index contributed by atoms with van der Waals surface area (Å²) in [6, 6.07) is 7.02. The van der Waals surface area contributed by atoms with E-state index in [0.29, 0.717) is 38.7 Å². The Hall–Kier alpha value is -3.04. The third kappa shape index (κ3) is 5.49. The molecule has 2 heterocycles. The number of alkyl halides is 3. The lowest BCUT2D eigenvalue weighted by Gasteiger charge is -2.35. The Morgan fingerprint density at radius 1 is 1.17 bits per heavy atom. The molecule has 0 aliphatic carbocycles. The van der Waals surface area contributed by atoms with Crippen LogP contribution in [0.1, 0.15) is 23.0 Å². The number of carbonyl (C=O) groups is 1. The molecule has 7 nitrogen and oxygen atoms in total. The lowest BCUT2D eigenvalue weighted by molar-refractivity contribution is -0.274. The summed E-state index contributed by atoms with van der Waals surface area (Å²) < 4.78 is 41.1. The van der Waals surface area contributed by atoms with E-state index in [0.717, 1.165) is 17.6 Å². The van der Waals surface area contributed by atoms with Crippen LogP contribution in [0.2, 0.25) is 0 Å². The van der Waals surface area contributed by atoms with Crippen molar-refractivity contribution >= 4 is 17.7 Å². The molecule has 1 fully saturated rings. The number of halogens is 3. The van der Waals surface area contributed by atoms with Crippen LogP contribution >= 0.6 is 0 Å². The van der Waals surface area contributed by atoms with Crippen molar-refractivity contribution in [2.45, 2.75) is 20.2 Å². The zero-order valence-corrected chi connectivity index (χ0v) is 16.2. The number of amides is 1. The zero-order chi connectivity index (χ0) is 21.0. The molecule has 10 heteroatoms. The van der Waals surface area contributed by atoms with Crippen molar-refractivity contribution in [1.29, 1.82) is 0 Å². The molecule has 1 amide bonds. The van der Waals surface area contributed by atoms with Crippen LogP contribution < -0.4 is 15.0 Å². The number of aryl methyl sites for hydroxylation is 1. The van der Waals surface area contributed by atoms with Gasteiger partial charge in [0.1, 0.15) is 11.6 Å². The molecule has 3 rings (SSSR count). The topological polar surface area (TPSA) is 70.6 Å². The van der Waals surface area contributed by atoms with E-state index < -0.39 is 12.1 Å². The van der Waals surface area contributed by atoms with Crippen LogP contribution in [0, 0.1) is 6.92 Å². The van der Waals surface area contributed by atoms with E-state index in [1.807, 2.05) is 19.9 Å². The van der Waals surface area contributed by atoms with Crippen molar-refractivity contribution in [3.05, 3.63) is 41.6 Å². The van der Waals surface area contributed by atoms with E-state index in [1.165, 1.54) is 18.2 Å². The maximum absolute atomic E-state index is 12.7. The minimum Gasteiger partial charge on any atom is -0.406 e. The van der Waals surface area contributed by atoms with Gasteiger partial charge in [-0.1, -0.05) is 6.07 Å². The average molecular weight is 409 g/mol. The van der Waals surface area contributed by atoms with Crippen molar-refractivity contribution in [2.24, 2.45) is 0 Å². The Bertz CT molecular complexity index is 867. The fourth-order valence-electron chi connectivity index (χ4n) is 3.10. The third-order valence-corrected chi connectivity index (χ3v) is 4.38. The standard InChI is InChI=1S/C19H22F3N5O2/c1-3-23-18-24-13(2)11-16(25-18)26-7-9-27(10-8-26)17(28)14-5-4-6-15(12-14)29-19(20,21)22/h4-6,11-12H,3,7-10H2,1-2H3,(H,23,24,25). The van der Waals surface area contributed by atoms with Crippen molar-refractivity contribution in [1.82, 2.24) is 14.9 Å². The summed E-state index contributed by atoms with van der Waals surface area (Å²) in [5.41, 5.74) is 0.999. The summed E-state index contributed by atoms with van der Waals surface area (Å²) in [5, 5.41) is 3.09. The number of benzene rings is 1. The smallest absolute Gasteiger partial charge is 0.406 e. The maximum atomic E-state index is 12.7. The highest BCUT2D eigenvalue weighted by molar-refractivity contribution is 5.94. The molecular weight excluding hydrogens is 387 g/mol. The first-order valence-electron chi connectivity index (χ1n) is 9.25. The predicted octanol–water partition coefficient (Wildman–Crippen LogP) is 3.08. The van der Waals surface area contributed by atoms with Gasteiger partial charge < -0.3 is 19.9 Å². The quantitative estimate of drug-likeness (QED) is 0.819. The molecule has 1 aromatic carbocycles. The normalized spacial score (nSPS) is 14.7. The summed E-state index contributed by atoms with van der Waals surface area (Å²) in [4.78, 5) is 25.2. The van der Waals surface area contributed by atoms with Crippen LogP contribution in [0.5, 0.6) is 5.75 Å². The first kappa shape index (κ1) is 20.7. The number of anilines is 2. The molecule has 0 saturated carbocycles. The average Bonchev–Trinajstić information content (AvgIpc) is 2.66. The highest BCUT2D eigenvalue weighted by Gasteiger charge is 2.31. The van der Waals surface area contributed by atoms with Gasteiger partial charge in [0.05, 0.1) is 0 Å². The second-order valence-electron chi connectivity index (χ2n) is 6.58. The Morgan fingerprint density at radius 2 is 1.90 bits per heavy atom. The number of ether oxygens (including phenoxy) is 1. The van der Waals surface area contributed by atoms with Crippen LogP contribution in [0.25, 0.3) is 0 Å². The van der Waals surface area contributed by atoms with Gasteiger partial charge in [0.15, 0.2) is 0 Å². The van der Waals surface area contributed by atoms with Gasteiger partial charge in [-0.3, -0.25) is 4.79 Å². The number of nitrogens with zero attached hydrogens (tertiary/aromatic N) is 4. The Labute approximate surface area is 166 Å². The van der Waals surface area contributed by atoms with Gasteiger partial charge in [-0.25, -0.2) is 4.98 Å². The zero-order valence-electron chi connectivity index (χ0n) is 16.2. The third-order valence-electron chi connectivity index (χ3n) is 4.38. The van der Waals surface area contributed by atoms with Crippen molar-refractivity contribution in [2.75, 3.05) is 42.9 Å². The second kappa shape index (κ2) is 8.54. The first-order chi connectivity index (χ1) is 13.7. The minimum atomic E-state index is -4.80. The molecule has 0 unspecified atom stereocenters. The largest absolute Gasteiger partial charge is 0.573 e. The number of rotatable bonds is 5. The molecule has 0 spiro atoms. The maximum Gasteiger partial charge on any atom is 0.573 e. The predicted molar refractivity (Wildman–Crippen MR) is 102 cm³/mol. The second-order valence-corrected chi connectivity index (χ2v) is 6.58. The molecule has 1 aliphatic rings. The van der Waals surface area contributed by atoms with Crippen LogP contribution in [0.15, 0.2) is 30.3 Å². The number of carbonyl (C=O) groups excluding carboxylic acids is 1. The lowest BCUT2D eigenvalue weighted by Crippen LogP contribution is -2.49. The molecule has 0 atom stereocenters. The molecule has 1 aliphatic heterocycles. The Balaban J connectivity index is 1.65. The number of nitrogens with one attached hydrogen (secondary N) is 1. The molecule has 0 bridgehead atoms. The van der Waals surface area contributed by atoms with Crippen molar-refractivity contribution in [3.8, 4) is 5.75 Å². The molecule has 29 heavy (non-hydrogen) atoms. The molecule has 2 aromatic rings. The molecule has 1 saturated heterocycles. The van der Waals surface area contributed by atoms with Gasteiger partial charge in [0, 0.05) is 50.0 Å². The van der Waals surface area contributed by atoms with E-state index in [1.54, 1.807) is 4.90 Å². The SMILES string of the molecule is CCNc1nc(C)cc(N2CCN(C(=O)c3cccc(OC(F)(F)F)c3)CC2)n1. The van der Waals surface area contributed by atoms with E-state index in [4.69, 9.17) is 0 Å². The number of hydrogen-bond acceptors (Lipinski definition) is 6. The molecule has 0 radical (unpaired) electrons. The van der Waals surface area contributed by atoms with Crippen LogP contribution in [0.3, 0.4) is 0 Å². The first-order valence-corrected chi connectivity index (χ1v) is 9.25. The summed E-state index contributed by atoms with van der Waals surface area (Å²) in [5.74, 6) is 0.600. The van der Waals surface area contributed by atoms with E-state index in [9.17, 15) is 18.0 Å². The summed E-state index contributed by atoms with van der Waals surface area (Å²) in [6.45, 7) is 6.55. The molecule has 1 aromatic heterocycles. The fraction of sp³-hybridized carbons (Fsp3) is 0.421. The minimum absolute atomic E-state index is 0.160. The summed E-state index contributed by atoms with van der Waals surface area (Å²) in [7, 11) is 0. The highest BCUT2D eigenvalue weighted by atomic mass is 19.4. The van der Waals surface area contributed by atoms with Crippen LogP contribution in [-0.2, 0) is 0 Å². The molecular formula is C19H22F3N5O2. The van der Waals surface area contributed by atoms with Gasteiger partial charge in [-0.05, 0) is 32.0 Å². The van der Waals surface area contributed by atoms with Gasteiger partial charge in [-0.15, -0.1) is 13.2 Å². The van der Waals surface area contributed by atoms with Gasteiger partial charge >= 0.3 is 6.36 Å². The summed E-state index contributed by atoms with van der Waals surface area (Å²) >= 11 is 0. The summed E-state index contributed by atoms with van der Waals surface area (Å²) in [6.07, 6.45) is -4.80. The van der Waals surface area contributed by atoms with E-state index in [2.05, 4.69) is 24.9 Å². The molecule has 156 valence electrons. The van der Waals surface area contributed by atoms with Gasteiger partial charge in [0.25, 0.3) is 5.91 Å². The van der Waals surface area contributed by atoms with E-state index >= 15 is 0 Å². The van der Waals surface area contributed by atoms with Crippen molar-refractivity contribution < 1.29 is 22.7 Å².